The lowest BCUT2D eigenvalue weighted by Crippen LogP contribution is -2.00. The zero-order valence-corrected chi connectivity index (χ0v) is 12.7. The van der Waals surface area contributed by atoms with Gasteiger partial charge in [0.15, 0.2) is 0 Å². The Morgan fingerprint density at radius 2 is 2.00 bits per heavy atom. The van der Waals surface area contributed by atoms with Gasteiger partial charge in [-0.05, 0) is 28.1 Å². The average Bonchev–Trinajstić information content (AvgIpc) is 2.33. The lowest BCUT2D eigenvalue weighted by Gasteiger charge is -2.10. The summed E-state index contributed by atoms with van der Waals surface area (Å²) in [4.78, 5) is 8.34. The molecule has 0 saturated carbocycles. The van der Waals surface area contributed by atoms with Crippen LogP contribution in [0.5, 0.6) is 11.6 Å². The molecule has 0 N–H and O–H groups in total. The van der Waals surface area contributed by atoms with Gasteiger partial charge in [-0.1, -0.05) is 25.4 Å². The van der Waals surface area contributed by atoms with Crippen molar-refractivity contribution in [1.82, 2.24) is 9.97 Å². The van der Waals surface area contributed by atoms with Crippen molar-refractivity contribution in [2.45, 2.75) is 19.8 Å². The predicted molar refractivity (Wildman–Crippen MR) is 75.3 cm³/mol. The molecule has 0 aliphatic rings. The van der Waals surface area contributed by atoms with Crippen molar-refractivity contribution in [3.8, 4) is 11.6 Å². The first-order valence-corrected chi connectivity index (χ1v) is 6.80. The van der Waals surface area contributed by atoms with Crippen LogP contribution in [0.3, 0.4) is 0 Å². The van der Waals surface area contributed by atoms with Crippen LogP contribution in [-0.4, -0.2) is 9.97 Å². The molecule has 0 saturated heterocycles. The summed E-state index contributed by atoms with van der Waals surface area (Å²) in [6.07, 6.45) is 0. The van der Waals surface area contributed by atoms with Crippen LogP contribution >= 0.6 is 27.5 Å². The average molecular weight is 346 g/mol. The zero-order chi connectivity index (χ0) is 14.0. The first kappa shape index (κ1) is 14.2. The third-order valence-electron chi connectivity index (χ3n) is 2.31. The standard InChI is InChI=1S/C13H11BrClFN2O/c1-7(2)13-17-11(15)6-12(18-13)19-10-5-8(16)3-4-9(10)14/h3-7H,1-2H3. The van der Waals surface area contributed by atoms with Gasteiger partial charge in [0.2, 0.25) is 5.88 Å². The molecule has 100 valence electrons. The van der Waals surface area contributed by atoms with E-state index in [2.05, 4.69) is 25.9 Å². The Morgan fingerprint density at radius 1 is 1.26 bits per heavy atom. The molecule has 0 atom stereocenters. The van der Waals surface area contributed by atoms with Crippen molar-refractivity contribution in [3.63, 3.8) is 0 Å². The number of rotatable bonds is 3. The number of hydrogen-bond donors (Lipinski definition) is 0. The van der Waals surface area contributed by atoms with E-state index < -0.39 is 0 Å². The predicted octanol–water partition coefficient (Wildman–Crippen LogP) is 4.95. The third-order valence-corrected chi connectivity index (χ3v) is 3.16. The number of benzene rings is 1. The molecule has 0 amide bonds. The fourth-order valence-electron chi connectivity index (χ4n) is 1.39. The molecule has 6 heteroatoms. The first-order chi connectivity index (χ1) is 8.95. The highest BCUT2D eigenvalue weighted by Gasteiger charge is 2.10. The minimum atomic E-state index is -0.387. The quantitative estimate of drug-likeness (QED) is 0.738. The Bertz CT molecular complexity index is 607. The van der Waals surface area contributed by atoms with Crippen LogP contribution in [0.15, 0.2) is 28.7 Å². The lowest BCUT2D eigenvalue weighted by molar-refractivity contribution is 0.449. The summed E-state index contributed by atoms with van der Waals surface area (Å²) in [7, 11) is 0. The molecule has 3 nitrogen and oxygen atoms in total. The number of halogens is 3. The van der Waals surface area contributed by atoms with Crippen LogP contribution in [0.4, 0.5) is 4.39 Å². The first-order valence-electron chi connectivity index (χ1n) is 5.63. The van der Waals surface area contributed by atoms with E-state index in [0.717, 1.165) is 0 Å². The molecule has 0 spiro atoms. The van der Waals surface area contributed by atoms with E-state index in [9.17, 15) is 4.39 Å². The van der Waals surface area contributed by atoms with Crippen LogP contribution in [-0.2, 0) is 0 Å². The highest BCUT2D eigenvalue weighted by Crippen LogP contribution is 2.30. The molecular formula is C13H11BrClFN2O. The summed E-state index contributed by atoms with van der Waals surface area (Å²) in [5.74, 6) is 0.939. The minimum absolute atomic E-state index is 0.122. The van der Waals surface area contributed by atoms with Crippen molar-refractivity contribution in [1.29, 1.82) is 0 Å². The minimum Gasteiger partial charge on any atom is -0.438 e. The van der Waals surface area contributed by atoms with Crippen LogP contribution in [0.25, 0.3) is 0 Å². The van der Waals surface area contributed by atoms with Crippen LogP contribution in [0.1, 0.15) is 25.6 Å². The van der Waals surface area contributed by atoms with E-state index >= 15 is 0 Å². The number of ether oxygens (including phenoxy) is 1. The molecule has 1 aromatic carbocycles. The van der Waals surface area contributed by atoms with E-state index in [4.69, 9.17) is 16.3 Å². The largest absolute Gasteiger partial charge is 0.438 e. The monoisotopic (exact) mass is 344 g/mol. The fourth-order valence-corrected chi connectivity index (χ4v) is 1.90. The van der Waals surface area contributed by atoms with Gasteiger partial charge in [0, 0.05) is 18.1 Å². The van der Waals surface area contributed by atoms with Gasteiger partial charge in [-0.3, -0.25) is 0 Å². The fraction of sp³-hybridized carbons (Fsp3) is 0.231. The lowest BCUT2D eigenvalue weighted by atomic mass is 10.2. The van der Waals surface area contributed by atoms with E-state index in [1.165, 1.54) is 18.2 Å². The molecule has 1 aromatic heterocycles. The van der Waals surface area contributed by atoms with Crippen molar-refractivity contribution < 1.29 is 9.13 Å². The van der Waals surface area contributed by atoms with E-state index in [-0.39, 0.29) is 17.6 Å². The van der Waals surface area contributed by atoms with Crippen molar-refractivity contribution in [2.24, 2.45) is 0 Å². The molecule has 0 aliphatic carbocycles. The second-order valence-corrected chi connectivity index (χ2v) is 5.46. The zero-order valence-electron chi connectivity index (χ0n) is 10.3. The SMILES string of the molecule is CC(C)c1nc(Cl)cc(Oc2cc(F)ccc2Br)n1. The summed E-state index contributed by atoms with van der Waals surface area (Å²) in [6.45, 7) is 3.90. The highest BCUT2D eigenvalue weighted by atomic mass is 79.9. The van der Waals surface area contributed by atoms with E-state index in [1.807, 2.05) is 13.8 Å². The van der Waals surface area contributed by atoms with Gasteiger partial charge in [0.25, 0.3) is 0 Å². The van der Waals surface area contributed by atoms with E-state index in [0.29, 0.717) is 21.2 Å². The van der Waals surface area contributed by atoms with Crippen molar-refractivity contribution >= 4 is 27.5 Å². The van der Waals surface area contributed by atoms with Crippen LogP contribution in [0, 0.1) is 5.82 Å². The van der Waals surface area contributed by atoms with Gasteiger partial charge in [-0.25, -0.2) is 9.37 Å². The van der Waals surface area contributed by atoms with Crippen molar-refractivity contribution in [3.05, 3.63) is 45.5 Å². The Balaban J connectivity index is 2.35. The molecular weight excluding hydrogens is 335 g/mol. The van der Waals surface area contributed by atoms with E-state index in [1.54, 1.807) is 6.07 Å². The van der Waals surface area contributed by atoms with Gasteiger partial charge in [0.1, 0.15) is 22.5 Å². The summed E-state index contributed by atoms with van der Waals surface area (Å²) in [6, 6.07) is 5.67. The van der Waals surface area contributed by atoms with Gasteiger partial charge in [-0.2, -0.15) is 4.98 Å². The summed E-state index contributed by atoms with van der Waals surface area (Å²) in [5.41, 5.74) is 0. The van der Waals surface area contributed by atoms with Gasteiger partial charge in [0.05, 0.1) is 4.47 Å². The Morgan fingerprint density at radius 3 is 2.68 bits per heavy atom. The molecule has 0 fully saturated rings. The van der Waals surface area contributed by atoms with Gasteiger partial charge < -0.3 is 4.74 Å². The van der Waals surface area contributed by atoms with Crippen LogP contribution in [0.2, 0.25) is 5.15 Å². The summed E-state index contributed by atoms with van der Waals surface area (Å²) >= 11 is 9.20. The second kappa shape index (κ2) is 5.84. The van der Waals surface area contributed by atoms with Crippen LogP contribution < -0.4 is 4.74 Å². The normalized spacial score (nSPS) is 10.8. The maximum atomic E-state index is 13.2. The number of hydrogen-bond acceptors (Lipinski definition) is 3. The molecule has 2 aromatic rings. The Kier molecular flexibility index (Phi) is 4.37. The second-order valence-electron chi connectivity index (χ2n) is 4.22. The summed E-state index contributed by atoms with van der Waals surface area (Å²) < 4.78 is 19.4. The van der Waals surface area contributed by atoms with Gasteiger partial charge in [-0.15, -0.1) is 0 Å². The smallest absolute Gasteiger partial charge is 0.224 e. The van der Waals surface area contributed by atoms with Gasteiger partial charge >= 0.3 is 0 Å². The molecule has 0 radical (unpaired) electrons. The molecule has 0 bridgehead atoms. The number of nitrogens with zero attached hydrogens (tertiary/aromatic N) is 2. The number of aromatic nitrogens is 2. The molecule has 0 unspecified atom stereocenters. The molecule has 0 aliphatic heterocycles. The topological polar surface area (TPSA) is 35.0 Å². The third kappa shape index (κ3) is 3.64. The highest BCUT2D eigenvalue weighted by molar-refractivity contribution is 9.10. The maximum absolute atomic E-state index is 13.2. The Hall–Kier alpha value is -1.20. The maximum Gasteiger partial charge on any atom is 0.224 e. The summed E-state index contributed by atoms with van der Waals surface area (Å²) in [5, 5.41) is 0.293. The van der Waals surface area contributed by atoms with Crippen molar-refractivity contribution in [2.75, 3.05) is 0 Å². The molecule has 19 heavy (non-hydrogen) atoms. The Labute approximate surface area is 123 Å². The molecule has 2 rings (SSSR count). The molecule has 1 heterocycles.